The third-order valence-electron chi connectivity index (χ3n) is 2.40. The number of nitrogens with zero attached hydrogens (tertiary/aromatic N) is 1. The van der Waals surface area contributed by atoms with E-state index in [0.29, 0.717) is 5.04 Å². The topological polar surface area (TPSA) is 46.5 Å². The molecule has 2 aliphatic heterocycles. The molecule has 0 aromatic heterocycles. The average Bonchev–Trinajstić information content (AvgIpc) is 2.44. The summed E-state index contributed by atoms with van der Waals surface area (Å²) in [6.45, 7) is 0. The van der Waals surface area contributed by atoms with Crippen LogP contribution in [-0.2, 0) is 9.84 Å². The first kappa shape index (κ1) is 10.7. The van der Waals surface area contributed by atoms with Gasteiger partial charge in [0.1, 0.15) is 8.86 Å². The van der Waals surface area contributed by atoms with Crippen molar-refractivity contribution in [2.45, 2.75) is 12.8 Å². The van der Waals surface area contributed by atoms with Crippen molar-refractivity contribution in [2.75, 3.05) is 11.5 Å². The molecule has 0 aromatic carbocycles. The molecule has 0 aliphatic carbocycles. The van der Waals surface area contributed by atoms with Crippen molar-refractivity contribution >= 4 is 42.6 Å². The van der Waals surface area contributed by atoms with Crippen molar-refractivity contribution in [3.63, 3.8) is 0 Å². The van der Waals surface area contributed by atoms with Crippen LogP contribution in [0.4, 0.5) is 0 Å². The fraction of sp³-hybridized carbons (Fsp3) is 0.625. The Hall–Kier alpha value is 0.190. The largest absolute Gasteiger partial charge is 0.247 e. The van der Waals surface area contributed by atoms with Crippen LogP contribution in [0.2, 0.25) is 0 Å². The van der Waals surface area contributed by atoms with Gasteiger partial charge in [-0.15, -0.1) is 0 Å². The Labute approximate surface area is 96.1 Å². The highest BCUT2D eigenvalue weighted by atomic mass is 79.9. The average molecular weight is 296 g/mol. The van der Waals surface area contributed by atoms with Crippen LogP contribution in [0, 0.1) is 5.92 Å². The van der Waals surface area contributed by atoms with Crippen LogP contribution in [0.5, 0.6) is 0 Å². The van der Waals surface area contributed by atoms with Gasteiger partial charge in [-0.1, -0.05) is 0 Å². The molecular weight excluding hydrogens is 286 g/mol. The van der Waals surface area contributed by atoms with Crippen LogP contribution in [0.25, 0.3) is 0 Å². The molecule has 3 nitrogen and oxygen atoms in total. The molecule has 1 saturated heterocycles. The predicted molar refractivity (Wildman–Crippen MR) is 63.4 cm³/mol. The minimum absolute atomic E-state index is 0.132. The molecule has 1 fully saturated rings. The monoisotopic (exact) mass is 295 g/mol. The summed E-state index contributed by atoms with van der Waals surface area (Å²) in [5, 5.41) is 0.365. The molecule has 0 N–H and O–H groups in total. The molecule has 0 amide bonds. The molecule has 0 spiro atoms. The summed E-state index contributed by atoms with van der Waals surface area (Å²) in [4.78, 5) is 4.00. The molecular formula is C8H10BrNO2S2. The summed E-state index contributed by atoms with van der Waals surface area (Å²) in [5.74, 6) is 2.21. The number of hydrogen-bond acceptors (Lipinski definition) is 4. The first-order valence-corrected chi connectivity index (χ1v) is 7.81. The lowest BCUT2D eigenvalue weighted by Crippen LogP contribution is -2.25. The summed E-state index contributed by atoms with van der Waals surface area (Å²) in [7, 11) is -3.25. The van der Waals surface area contributed by atoms with E-state index in [1.165, 1.54) is 6.20 Å². The molecule has 0 bridgehead atoms. The van der Waals surface area contributed by atoms with Crippen LogP contribution in [-0.4, -0.2) is 25.0 Å². The maximum absolute atomic E-state index is 11.7. The highest BCUT2D eigenvalue weighted by molar-refractivity contribution is 9.14. The van der Waals surface area contributed by atoms with Gasteiger partial charge in [0, 0.05) is 5.92 Å². The van der Waals surface area contributed by atoms with Crippen LogP contribution in [0.15, 0.2) is 15.0 Å². The predicted octanol–water partition coefficient (Wildman–Crippen LogP) is 2.15. The molecule has 14 heavy (non-hydrogen) atoms. The summed E-state index contributed by atoms with van der Waals surface area (Å²) in [5.41, 5.74) is 0. The minimum atomic E-state index is -3.25. The van der Waals surface area contributed by atoms with Crippen LogP contribution >= 0.6 is 27.7 Å². The zero-order chi connectivity index (χ0) is 10.2. The molecule has 2 rings (SSSR count). The van der Waals surface area contributed by atoms with Gasteiger partial charge in [0.15, 0.2) is 0 Å². The van der Waals surface area contributed by atoms with Crippen molar-refractivity contribution in [1.29, 1.82) is 0 Å². The Bertz CT molecular complexity index is 394. The van der Waals surface area contributed by atoms with Gasteiger partial charge < -0.3 is 0 Å². The van der Waals surface area contributed by atoms with E-state index in [9.17, 15) is 8.42 Å². The number of aliphatic imine (C=N–C) groups is 1. The highest BCUT2D eigenvalue weighted by Crippen LogP contribution is 2.32. The molecule has 0 radical (unpaired) electrons. The SMILES string of the molecule is O=S1(=O)C(Br)=CN=C1C1CCSCC1. The molecule has 0 unspecified atom stereocenters. The van der Waals surface area contributed by atoms with Crippen molar-refractivity contribution in [3.05, 3.63) is 10.0 Å². The van der Waals surface area contributed by atoms with Gasteiger partial charge in [0.05, 0.1) is 6.20 Å². The summed E-state index contributed by atoms with van der Waals surface area (Å²) >= 11 is 4.90. The Morgan fingerprint density at radius 1 is 1.43 bits per heavy atom. The number of rotatable bonds is 1. The van der Waals surface area contributed by atoms with Gasteiger partial charge in [-0.25, -0.2) is 13.4 Å². The highest BCUT2D eigenvalue weighted by Gasteiger charge is 2.34. The van der Waals surface area contributed by atoms with E-state index >= 15 is 0 Å². The Morgan fingerprint density at radius 2 is 2.07 bits per heavy atom. The standard InChI is InChI=1S/C8H10BrNO2S2/c9-7-5-10-8(14(7,11)12)6-1-3-13-4-2-6/h5-6H,1-4H2. The first-order chi connectivity index (χ1) is 6.62. The number of hydrogen-bond donors (Lipinski definition) is 0. The molecule has 0 aromatic rings. The second-order valence-electron chi connectivity index (χ2n) is 3.29. The quantitative estimate of drug-likeness (QED) is 0.745. The molecule has 2 heterocycles. The maximum Gasteiger partial charge on any atom is 0.228 e. The van der Waals surface area contributed by atoms with Gasteiger partial charge in [0.25, 0.3) is 0 Å². The molecule has 6 heteroatoms. The molecule has 0 atom stereocenters. The normalized spacial score (nSPS) is 27.2. The van der Waals surface area contributed by atoms with Crippen LogP contribution in [0.1, 0.15) is 12.8 Å². The lowest BCUT2D eigenvalue weighted by Gasteiger charge is -2.20. The van der Waals surface area contributed by atoms with Crippen molar-refractivity contribution in [2.24, 2.45) is 10.9 Å². The Balaban J connectivity index is 2.22. The zero-order valence-corrected chi connectivity index (χ0v) is 10.7. The maximum atomic E-state index is 11.7. The van der Waals surface area contributed by atoms with Crippen molar-refractivity contribution < 1.29 is 8.42 Å². The van der Waals surface area contributed by atoms with Gasteiger partial charge in [-0.05, 0) is 40.3 Å². The number of thioether (sulfide) groups is 1. The smallest absolute Gasteiger partial charge is 0.228 e. The van der Waals surface area contributed by atoms with Gasteiger partial charge in [-0.3, -0.25) is 0 Å². The zero-order valence-electron chi connectivity index (χ0n) is 7.44. The van der Waals surface area contributed by atoms with E-state index in [0.717, 1.165) is 24.3 Å². The van der Waals surface area contributed by atoms with E-state index in [1.807, 2.05) is 11.8 Å². The summed E-state index contributed by atoms with van der Waals surface area (Å²) in [6.07, 6.45) is 3.25. The second kappa shape index (κ2) is 3.98. The fourth-order valence-corrected chi connectivity index (χ4v) is 4.59. The van der Waals surface area contributed by atoms with E-state index in [4.69, 9.17) is 0 Å². The molecule has 2 aliphatic rings. The summed E-state index contributed by atoms with van der Waals surface area (Å²) in [6, 6.07) is 0. The van der Waals surface area contributed by atoms with Crippen LogP contribution < -0.4 is 0 Å². The van der Waals surface area contributed by atoms with E-state index in [1.54, 1.807) is 0 Å². The third kappa shape index (κ3) is 1.79. The van der Waals surface area contributed by atoms with E-state index < -0.39 is 9.84 Å². The van der Waals surface area contributed by atoms with Crippen LogP contribution in [0.3, 0.4) is 0 Å². The fourth-order valence-electron chi connectivity index (χ4n) is 1.62. The second-order valence-corrected chi connectivity index (χ2v) is 7.76. The Morgan fingerprint density at radius 3 is 2.57 bits per heavy atom. The lowest BCUT2D eigenvalue weighted by molar-refractivity contribution is 0.603. The minimum Gasteiger partial charge on any atom is -0.247 e. The van der Waals surface area contributed by atoms with Gasteiger partial charge >= 0.3 is 0 Å². The number of halogens is 1. The van der Waals surface area contributed by atoms with Gasteiger partial charge in [0.2, 0.25) is 9.84 Å². The third-order valence-corrected chi connectivity index (χ3v) is 6.54. The first-order valence-electron chi connectivity index (χ1n) is 4.38. The number of sulfone groups is 1. The van der Waals surface area contributed by atoms with Crippen molar-refractivity contribution in [3.8, 4) is 0 Å². The van der Waals surface area contributed by atoms with E-state index in [-0.39, 0.29) is 9.73 Å². The Kier molecular flexibility index (Phi) is 3.04. The van der Waals surface area contributed by atoms with Crippen molar-refractivity contribution in [1.82, 2.24) is 0 Å². The molecule has 78 valence electrons. The van der Waals surface area contributed by atoms with E-state index in [2.05, 4.69) is 20.9 Å². The van der Waals surface area contributed by atoms with Gasteiger partial charge in [-0.2, -0.15) is 11.8 Å². The molecule has 0 saturated carbocycles. The lowest BCUT2D eigenvalue weighted by atomic mass is 10.0. The summed E-state index contributed by atoms with van der Waals surface area (Å²) < 4.78 is 23.7.